The zero-order valence-electron chi connectivity index (χ0n) is 8.90. The van der Waals surface area contributed by atoms with Crippen LogP contribution in [0.15, 0.2) is 17.4 Å². The predicted octanol–water partition coefficient (Wildman–Crippen LogP) is 0.771. The van der Waals surface area contributed by atoms with Gasteiger partial charge in [-0.05, 0) is 37.6 Å². The van der Waals surface area contributed by atoms with E-state index in [9.17, 15) is 4.79 Å². The fourth-order valence-corrected chi connectivity index (χ4v) is 1.05. The van der Waals surface area contributed by atoms with Crippen molar-refractivity contribution in [3.63, 3.8) is 0 Å². The van der Waals surface area contributed by atoms with E-state index in [0.717, 1.165) is 6.42 Å². The Labute approximate surface area is 83.0 Å². The molecule has 0 bridgehead atoms. The average molecular weight is 196 g/mol. The zero-order chi connectivity index (χ0) is 10.8. The van der Waals surface area contributed by atoms with Gasteiger partial charge in [0.25, 0.3) is 0 Å². The fourth-order valence-electron chi connectivity index (χ4n) is 1.05. The number of rotatable bonds is 3. The van der Waals surface area contributed by atoms with E-state index in [4.69, 9.17) is 0 Å². The van der Waals surface area contributed by atoms with Crippen LogP contribution < -0.4 is 5.69 Å². The van der Waals surface area contributed by atoms with Crippen molar-refractivity contribution < 1.29 is 0 Å². The van der Waals surface area contributed by atoms with Gasteiger partial charge >= 0.3 is 5.69 Å². The van der Waals surface area contributed by atoms with E-state index in [0.29, 0.717) is 6.54 Å². The molecule has 5 heteroatoms. The molecule has 0 unspecified atom stereocenters. The van der Waals surface area contributed by atoms with Gasteiger partial charge < -0.3 is 0 Å². The molecular formula is C9H16N4O. The van der Waals surface area contributed by atoms with Crippen molar-refractivity contribution in [2.45, 2.75) is 39.3 Å². The molecule has 0 aliphatic heterocycles. The Balaban J connectivity index is 2.97. The Morgan fingerprint density at radius 2 is 2.07 bits per heavy atom. The summed E-state index contributed by atoms with van der Waals surface area (Å²) in [7, 11) is 0. The van der Waals surface area contributed by atoms with E-state index in [1.165, 1.54) is 9.36 Å². The number of tetrazole rings is 1. The third-order valence-corrected chi connectivity index (χ3v) is 1.82. The van der Waals surface area contributed by atoms with Gasteiger partial charge in [-0.15, -0.1) is 6.58 Å². The molecule has 0 N–H and O–H groups in total. The molecule has 1 aromatic rings. The van der Waals surface area contributed by atoms with Crippen molar-refractivity contribution in [2.75, 3.05) is 0 Å². The first-order chi connectivity index (χ1) is 6.46. The summed E-state index contributed by atoms with van der Waals surface area (Å²) in [5.74, 6) is 0. The molecule has 1 rings (SSSR count). The molecule has 0 aliphatic rings. The van der Waals surface area contributed by atoms with Gasteiger partial charge in [0.2, 0.25) is 0 Å². The number of allylic oxidation sites excluding steroid dienone is 1. The van der Waals surface area contributed by atoms with E-state index in [1.54, 1.807) is 6.08 Å². The second kappa shape index (κ2) is 3.77. The van der Waals surface area contributed by atoms with E-state index < -0.39 is 0 Å². The average Bonchev–Trinajstić information content (AvgIpc) is 2.42. The highest BCUT2D eigenvalue weighted by molar-refractivity contribution is 4.73. The standard InChI is InChI=1S/C9H16N4O/c1-5-6-7-12-8(14)13(11-10-12)9(2,3)4/h5H,1,6-7H2,2-4H3. The minimum atomic E-state index is -0.316. The van der Waals surface area contributed by atoms with Crippen molar-refractivity contribution in [1.82, 2.24) is 19.8 Å². The molecule has 0 spiro atoms. The summed E-state index contributed by atoms with van der Waals surface area (Å²) in [6.07, 6.45) is 2.48. The minimum Gasteiger partial charge on any atom is -0.244 e. The van der Waals surface area contributed by atoms with E-state index >= 15 is 0 Å². The lowest BCUT2D eigenvalue weighted by molar-refractivity contribution is 0.336. The SMILES string of the molecule is C=CCCn1nnn(C(C)(C)C)c1=O. The molecule has 1 aromatic heterocycles. The number of hydrogen-bond donors (Lipinski definition) is 0. The molecule has 0 atom stereocenters. The highest BCUT2D eigenvalue weighted by Gasteiger charge is 2.19. The molecule has 0 aromatic carbocycles. The molecule has 0 radical (unpaired) electrons. The third-order valence-electron chi connectivity index (χ3n) is 1.82. The first-order valence-electron chi connectivity index (χ1n) is 4.61. The zero-order valence-corrected chi connectivity index (χ0v) is 8.90. The van der Waals surface area contributed by atoms with Gasteiger partial charge in [-0.1, -0.05) is 6.08 Å². The van der Waals surface area contributed by atoms with E-state index in [-0.39, 0.29) is 11.2 Å². The molecule has 0 fully saturated rings. The second-order valence-electron chi connectivity index (χ2n) is 4.14. The molecule has 0 amide bonds. The summed E-state index contributed by atoms with van der Waals surface area (Å²) in [5.41, 5.74) is -0.483. The summed E-state index contributed by atoms with van der Waals surface area (Å²) >= 11 is 0. The van der Waals surface area contributed by atoms with Gasteiger partial charge in [-0.2, -0.15) is 9.36 Å². The maximum Gasteiger partial charge on any atom is 0.364 e. The topological polar surface area (TPSA) is 52.7 Å². The van der Waals surface area contributed by atoms with Crippen LogP contribution in [0.2, 0.25) is 0 Å². The van der Waals surface area contributed by atoms with Crippen LogP contribution in [0.4, 0.5) is 0 Å². The summed E-state index contributed by atoms with van der Waals surface area (Å²) in [6, 6.07) is 0. The molecule has 0 aliphatic carbocycles. The molecule has 0 saturated carbocycles. The quantitative estimate of drug-likeness (QED) is 0.671. The highest BCUT2D eigenvalue weighted by atomic mass is 16.2. The van der Waals surface area contributed by atoms with Gasteiger partial charge in [0, 0.05) is 0 Å². The van der Waals surface area contributed by atoms with Crippen LogP contribution >= 0.6 is 0 Å². The molecular weight excluding hydrogens is 180 g/mol. The summed E-state index contributed by atoms with van der Waals surface area (Å²) in [5, 5.41) is 7.61. The van der Waals surface area contributed by atoms with E-state index in [1.807, 2.05) is 20.8 Å². The van der Waals surface area contributed by atoms with Gasteiger partial charge in [0.1, 0.15) is 0 Å². The maximum atomic E-state index is 11.7. The largest absolute Gasteiger partial charge is 0.364 e. The van der Waals surface area contributed by atoms with Crippen LogP contribution in [0.5, 0.6) is 0 Å². The number of aryl methyl sites for hydroxylation is 1. The van der Waals surface area contributed by atoms with Crippen LogP contribution in [-0.2, 0) is 12.1 Å². The van der Waals surface area contributed by atoms with Crippen LogP contribution in [0.3, 0.4) is 0 Å². The van der Waals surface area contributed by atoms with Crippen LogP contribution in [0.1, 0.15) is 27.2 Å². The van der Waals surface area contributed by atoms with Crippen molar-refractivity contribution in [3.05, 3.63) is 23.1 Å². The van der Waals surface area contributed by atoms with Gasteiger partial charge in [-0.25, -0.2) is 4.79 Å². The van der Waals surface area contributed by atoms with Crippen LogP contribution in [0.25, 0.3) is 0 Å². The lowest BCUT2D eigenvalue weighted by Crippen LogP contribution is -2.35. The first kappa shape index (κ1) is 10.7. The van der Waals surface area contributed by atoms with Gasteiger partial charge in [0.05, 0.1) is 12.1 Å². The molecule has 78 valence electrons. The Morgan fingerprint density at radius 1 is 1.43 bits per heavy atom. The normalized spacial score (nSPS) is 11.6. The monoisotopic (exact) mass is 196 g/mol. The van der Waals surface area contributed by atoms with Gasteiger partial charge in [0.15, 0.2) is 0 Å². The number of hydrogen-bond acceptors (Lipinski definition) is 3. The lowest BCUT2D eigenvalue weighted by atomic mass is 10.1. The number of nitrogens with zero attached hydrogens (tertiary/aromatic N) is 4. The Hall–Kier alpha value is -1.39. The first-order valence-corrected chi connectivity index (χ1v) is 4.61. The van der Waals surface area contributed by atoms with Crippen molar-refractivity contribution in [3.8, 4) is 0 Å². The Kier molecular flexibility index (Phi) is 2.88. The smallest absolute Gasteiger partial charge is 0.244 e. The van der Waals surface area contributed by atoms with Crippen molar-refractivity contribution in [2.24, 2.45) is 0 Å². The summed E-state index contributed by atoms with van der Waals surface area (Å²) in [4.78, 5) is 11.7. The fraction of sp³-hybridized carbons (Fsp3) is 0.667. The highest BCUT2D eigenvalue weighted by Crippen LogP contribution is 2.07. The second-order valence-corrected chi connectivity index (χ2v) is 4.14. The molecule has 14 heavy (non-hydrogen) atoms. The van der Waals surface area contributed by atoms with Crippen molar-refractivity contribution in [1.29, 1.82) is 0 Å². The number of aromatic nitrogens is 4. The third kappa shape index (κ3) is 2.10. The Bertz CT molecular complexity index is 369. The lowest BCUT2D eigenvalue weighted by Gasteiger charge is -2.15. The predicted molar refractivity (Wildman–Crippen MR) is 54.1 cm³/mol. The van der Waals surface area contributed by atoms with E-state index in [2.05, 4.69) is 17.0 Å². The summed E-state index contributed by atoms with van der Waals surface area (Å²) in [6.45, 7) is 9.88. The van der Waals surface area contributed by atoms with Gasteiger partial charge in [-0.3, -0.25) is 0 Å². The molecule has 0 saturated heterocycles. The minimum absolute atomic E-state index is 0.167. The summed E-state index contributed by atoms with van der Waals surface area (Å²) < 4.78 is 2.74. The van der Waals surface area contributed by atoms with Crippen molar-refractivity contribution >= 4 is 0 Å². The molecule has 1 heterocycles. The maximum absolute atomic E-state index is 11.7. The van der Waals surface area contributed by atoms with Crippen LogP contribution in [-0.4, -0.2) is 19.8 Å². The Morgan fingerprint density at radius 3 is 2.50 bits per heavy atom. The van der Waals surface area contributed by atoms with Crippen LogP contribution in [0, 0.1) is 0 Å². The molecule has 5 nitrogen and oxygen atoms in total.